The zero-order valence-corrected chi connectivity index (χ0v) is 12.0. The summed E-state index contributed by atoms with van der Waals surface area (Å²) in [6.07, 6.45) is 3.71. The van der Waals surface area contributed by atoms with Crippen LogP contribution < -0.4 is 5.32 Å². The van der Waals surface area contributed by atoms with E-state index in [9.17, 15) is 5.11 Å². The Kier molecular flexibility index (Phi) is 4.91. The Balaban J connectivity index is 1.97. The molecule has 0 radical (unpaired) electrons. The van der Waals surface area contributed by atoms with Crippen LogP contribution in [0.2, 0.25) is 10.0 Å². The van der Waals surface area contributed by atoms with Gasteiger partial charge in [-0.2, -0.15) is 0 Å². The normalized spacial score (nSPS) is 26.0. The topological polar surface area (TPSA) is 32.3 Å². The van der Waals surface area contributed by atoms with E-state index >= 15 is 0 Å². The molecule has 4 heteroatoms. The average molecular weight is 288 g/mol. The summed E-state index contributed by atoms with van der Waals surface area (Å²) >= 11 is 12.1. The summed E-state index contributed by atoms with van der Waals surface area (Å²) in [6, 6.07) is 6.29. The van der Waals surface area contributed by atoms with Gasteiger partial charge in [0.2, 0.25) is 0 Å². The monoisotopic (exact) mass is 287 g/mol. The third kappa shape index (κ3) is 3.61. The molecular weight excluding hydrogens is 269 g/mol. The third-order valence-corrected chi connectivity index (χ3v) is 4.17. The quantitative estimate of drug-likeness (QED) is 0.882. The second-order valence-electron chi connectivity index (χ2n) is 5.06. The Hall–Kier alpha value is -0.280. The molecule has 2 nitrogen and oxygen atoms in total. The maximum atomic E-state index is 9.49. The minimum Gasteiger partial charge on any atom is -0.393 e. The van der Waals surface area contributed by atoms with Crippen molar-refractivity contribution < 1.29 is 5.11 Å². The molecule has 0 aliphatic heterocycles. The SMILES string of the molecule is CC(NC1CCC(O)CC1)c1ccc(Cl)cc1Cl. The number of halogens is 2. The van der Waals surface area contributed by atoms with Gasteiger partial charge in [0, 0.05) is 22.1 Å². The summed E-state index contributed by atoms with van der Waals surface area (Å²) in [6.45, 7) is 2.11. The molecule has 0 amide bonds. The summed E-state index contributed by atoms with van der Waals surface area (Å²) in [7, 11) is 0. The molecule has 0 aromatic heterocycles. The maximum Gasteiger partial charge on any atom is 0.0541 e. The molecule has 0 heterocycles. The molecule has 1 unspecified atom stereocenters. The second-order valence-corrected chi connectivity index (χ2v) is 5.90. The van der Waals surface area contributed by atoms with Crippen LogP contribution in [-0.4, -0.2) is 17.3 Å². The first-order valence-corrected chi connectivity index (χ1v) is 7.21. The molecule has 1 fully saturated rings. The Bertz CT molecular complexity index is 403. The highest BCUT2D eigenvalue weighted by atomic mass is 35.5. The number of hydrogen-bond donors (Lipinski definition) is 2. The smallest absolute Gasteiger partial charge is 0.0541 e. The average Bonchev–Trinajstić information content (AvgIpc) is 2.32. The van der Waals surface area contributed by atoms with E-state index in [0.29, 0.717) is 16.1 Å². The number of aliphatic hydroxyl groups is 1. The summed E-state index contributed by atoms with van der Waals surface area (Å²) in [4.78, 5) is 0. The highest BCUT2D eigenvalue weighted by Gasteiger charge is 2.21. The van der Waals surface area contributed by atoms with Crippen molar-refractivity contribution in [2.24, 2.45) is 0 Å². The van der Waals surface area contributed by atoms with Gasteiger partial charge < -0.3 is 10.4 Å². The minimum absolute atomic E-state index is 0.113. The van der Waals surface area contributed by atoms with Gasteiger partial charge >= 0.3 is 0 Å². The van der Waals surface area contributed by atoms with E-state index in [-0.39, 0.29) is 12.1 Å². The van der Waals surface area contributed by atoms with Crippen molar-refractivity contribution in [3.8, 4) is 0 Å². The van der Waals surface area contributed by atoms with E-state index < -0.39 is 0 Å². The lowest BCUT2D eigenvalue weighted by Gasteiger charge is -2.29. The van der Waals surface area contributed by atoms with Crippen molar-refractivity contribution >= 4 is 23.2 Å². The fourth-order valence-electron chi connectivity index (χ4n) is 2.54. The first kappa shape index (κ1) is 14.1. The number of rotatable bonds is 3. The molecule has 0 saturated heterocycles. The largest absolute Gasteiger partial charge is 0.393 e. The van der Waals surface area contributed by atoms with E-state index in [1.807, 2.05) is 12.1 Å². The van der Waals surface area contributed by atoms with Crippen molar-refractivity contribution in [1.82, 2.24) is 5.32 Å². The zero-order valence-electron chi connectivity index (χ0n) is 10.5. The predicted molar refractivity (Wildman–Crippen MR) is 76.3 cm³/mol. The van der Waals surface area contributed by atoms with Gasteiger partial charge in [-0.25, -0.2) is 0 Å². The van der Waals surface area contributed by atoms with Crippen LogP contribution in [0.4, 0.5) is 0 Å². The first-order valence-electron chi connectivity index (χ1n) is 6.45. The van der Waals surface area contributed by atoms with Crippen molar-refractivity contribution in [1.29, 1.82) is 0 Å². The predicted octanol–water partition coefficient (Wildman–Crippen LogP) is 3.95. The molecule has 100 valence electrons. The fraction of sp³-hybridized carbons (Fsp3) is 0.571. The van der Waals surface area contributed by atoms with Gasteiger partial charge in [-0.05, 0) is 50.3 Å². The summed E-state index contributed by atoms with van der Waals surface area (Å²) in [5.41, 5.74) is 1.08. The lowest BCUT2D eigenvalue weighted by Crippen LogP contribution is -2.36. The number of nitrogens with one attached hydrogen (secondary N) is 1. The molecule has 1 atom stereocenters. The van der Waals surface area contributed by atoms with E-state index in [0.717, 1.165) is 31.2 Å². The summed E-state index contributed by atoms with van der Waals surface area (Å²) < 4.78 is 0. The standard InChI is InChI=1S/C14H19Cl2NO/c1-9(13-7-2-10(15)8-14(13)16)17-11-3-5-12(18)6-4-11/h2,7-9,11-12,17-18H,3-6H2,1H3. The molecule has 1 aliphatic rings. The van der Waals surface area contributed by atoms with Gasteiger partial charge in [0.1, 0.15) is 0 Å². The highest BCUT2D eigenvalue weighted by molar-refractivity contribution is 6.35. The van der Waals surface area contributed by atoms with E-state index in [1.54, 1.807) is 6.07 Å². The van der Waals surface area contributed by atoms with Crippen LogP contribution in [0, 0.1) is 0 Å². The van der Waals surface area contributed by atoms with Gasteiger partial charge in [-0.15, -0.1) is 0 Å². The van der Waals surface area contributed by atoms with Crippen LogP contribution in [0.15, 0.2) is 18.2 Å². The zero-order chi connectivity index (χ0) is 13.1. The first-order chi connectivity index (χ1) is 8.56. The number of benzene rings is 1. The Morgan fingerprint density at radius 1 is 1.22 bits per heavy atom. The lowest BCUT2D eigenvalue weighted by atomic mass is 9.92. The summed E-state index contributed by atoms with van der Waals surface area (Å²) in [5, 5.41) is 14.4. The van der Waals surface area contributed by atoms with Crippen LogP contribution in [0.1, 0.15) is 44.2 Å². The fourth-order valence-corrected chi connectivity index (χ4v) is 3.11. The Labute approximate surface area is 118 Å². The number of hydrogen-bond acceptors (Lipinski definition) is 2. The summed E-state index contributed by atoms with van der Waals surface area (Å²) in [5.74, 6) is 0. The van der Waals surface area contributed by atoms with Crippen LogP contribution >= 0.6 is 23.2 Å². The highest BCUT2D eigenvalue weighted by Crippen LogP contribution is 2.28. The molecule has 18 heavy (non-hydrogen) atoms. The van der Waals surface area contributed by atoms with Gasteiger partial charge in [-0.3, -0.25) is 0 Å². The maximum absolute atomic E-state index is 9.49. The van der Waals surface area contributed by atoms with Crippen molar-refractivity contribution in [3.63, 3.8) is 0 Å². The second kappa shape index (κ2) is 6.25. The molecule has 2 rings (SSSR count). The lowest BCUT2D eigenvalue weighted by molar-refractivity contribution is 0.114. The minimum atomic E-state index is -0.113. The van der Waals surface area contributed by atoms with Crippen LogP contribution in [0.3, 0.4) is 0 Å². The van der Waals surface area contributed by atoms with Crippen molar-refractivity contribution in [3.05, 3.63) is 33.8 Å². The Morgan fingerprint density at radius 3 is 2.50 bits per heavy atom. The van der Waals surface area contributed by atoms with E-state index in [1.165, 1.54) is 0 Å². The van der Waals surface area contributed by atoms with E-state index in [4.69, 9.17) is 23.2 Å². The van der Waals surface area contributed by atoms with Gasteiger partial charge in [0.05, 0.1) is 6.10 Å². The molecular formula is C14H19Cl2NO. The van der Waals surface area contributed by atoms with Crippen molar-refractivity contribution in [2.45, 2.75) is 50.8 Å². The third-order valence-electron chi connectivity index (χ3n) is 3.61. The van der Waals surface area contributed by atoms with Gasteiger partial charge in [-0.1, -0.05) is 29.3 Å². The molecule has 1 aromatic rings. The van der Waals surface area contributed by atoms with Crippen LogP contribution in [0.25, 0.3) is 0 Å². The van der Waals surface area contributed by atoms with E-state index in [2.05, 4.69) is 12.2 Å². The number of aliphatic hydroxyl groups excluding tert-OH is 1. The Morgan fingerprint density at radius 2 is 1.89 bits per heavy atom. The van der Waals surface area contributed by atoms with Gasteiger partial charge in [0.15, 0.2) is 0 Å². The molecule has 0 bridgehead atoms. The molecule has 1 saturated carbocycles. The van der Waals surface area contributed by atoms with Crippen LogP contribution in [0.5, 0.6) is 0 Å². The van der Waals surface area contributed by atoms with Crippen LogP contribution in [-0.2, 0) is 0 Å². The molecule has 1 aromatic carbocycles. The van der Waals surface area contributed by atoms with Gasteiger partial charge in [0.25, 0.3) is 0 Å². The molecule has 1 aliphatic carbocycles. The van der Waals surface area contributed by atoms with Crippen molar-refractivity contribution in [2.75, 3.05) is 0 Å². The molecule has 0 spiro atoms. The molecule has 2 N–H and O–H groups in total.